The lowest BCUT2D eigenvalue weighted by atomic mass is 10.00. The number of hydrogen-bond donors (Lipinski definition) is 2. The van der Waals surface area contributed by atoms with Crippen LogP contribution in [0.1, 0.15) is 6.42 Å². The first kappa shape index (κ1) is 9.53. The van der Waals surface area contributed by atoms with Crippen molar-refractivity contribution in [3.8, 4) is 0 Å². The number of nitrogens with one attached hydrogen (secondary N) is 1. The minimum Gasteiger partial charge on any atom is -0.382 e. The third kappa shape index (κ3) is 1.51. The summed E-state index contributed by atoms with van der Waals surface area (Å²) in [7, 11) is 0. The van der Waals surface area contributed by atoms with E-state index < -0.39 is 0 Å². The Balaban J connectivity index is 1.83. The number of nitrogen functional groups attached to an aromatic ring is 1. The summed E-state index contributed by atoms with van der Waals surface area (Å²) in [6, 6.07) is 0. The second-order valence-corrected chi connectivity index (χ2v) is 4.18. The van der Waals surface area contributed by atoms with Gasteiger partial charge in [-0.2, -0.15) is 0 Å². The van der Waals surface area contributed by atoms with Gasteiger partial charge in [-0.15, -0.1) is 0 Å². The molecule has 0 saturated carbocycles. The summed E-state index contributed by atoms with van der Waals surface area (Å²) in [6.07, 6.45) is 4.44. The number of aromatic nitrogens is 4. The zero-order valence-corrected chi connectivity index (χ0v) is 8.93. The highest BCUT2D eigenvalue weighted by molar-refractivity contribution is 5.80. The molecular formula is C10H14N6. The van der Waals surface area contributed by atoms with Crippen molar-refractivity contribution in [3.05, 3.63) is 12.7 Å². The molecule has 2 aromatic heterocycles. The molecule has 6 heteroatoms. The van der Waals surface area contributed by atoms with Crippen molar-refractivity contribution in [3.63, 3.8) is 0 Å². The molecule has 2 aromatic rings. The van der Waals surface area contributed by atoms with Crippen LogP contribution in [-0.4, -0.2) is 32.6 Å². The Morgan fingerprint density at radius 2 is 2.25 bits per heavy atom. The van der Waals surface area contributed by atoms with Crippen LogP contribution in [0.2, 0.25) is 0 Å². The van der Waals surface area contributed by atoms with Crippen molar-refractivity contribution in [2.45, 2.75) is 13.0 Å². The van der Waals surface area contributed by atoms with Gasteiger partial charge >= 0.3 is 0 Å². The lowest BCUT2D eigenvalue weighted by Gasteiger charge is -2.26. The van der Waals surface area contributed by atoms with Gasteiger partial charge in [-0.25, -0.2) is 15.0 Å². The highest BCUT2D eigenvalue weighted by Gasteiger charge is 2.17. The molecule has 0 atom stereocenters. The predicted molar refractivity (Wildman–Crippen MR) is 60.7 cm³/mol. The number of anilines is 1. The van der Waals surface area contributed by atoms with E-state index in [1.165, 1.54) is 6.33 Å². The topological polar surface area (TPSA) is 81.7 Å². The third-order valence-electron chi connectivity index (χ3n) is 3.07. The van der Waals surface area contributed by atoms with Gasteiger partial charge in [0.2, 0.25) is 0 Å². The van der Waals surface area contributed by atoms with Gasteiger partial charge in [-0.05, 0) is 25.4 Å². The number of nitrogens with two attached hydrogens (primary N) is 1. The zero-order valence-electron chi connectivity index (χ0n) is 8.93. The maximum absolute atomic E-state index is 5.73. The van der Waals surface area contributed by atoms with Gasteiger partial charge in [0.25, 0.3) is 0 Å². The van der Waals surface area contributed by atoms with Gasteiger partial charge in [0.15, 0.2) is 11.5 Å². The van der Waals surface area contributed by atoms with E-state index in [1.807, 2.05) is 4.57 Å². The first-order valence-electron chi connectivity index (χ1n) is 5.46. The molecule has 0 unspecified atom stereocenters. The van der Waals surface area contributed by atoms with E-state index in [0.29, 0.717) is 11.3 Å². The van der Waals surface area contributed by atoms with Gasteiger partial charge in [-0.1, -0.05) is 0 Å². The Morgan fingerprint density at radius 1 is 1.38 bits per heavy atom. The average molecular weight is 218 g/mol. The maximum atomic E-state index is 5.73. The Kier molecular flexibility index (Phi) is 2.21. The molecule has 0 amide bonds. The van der Waals surface area contributed by atoms with Crippen LogP contribution in [0.3, 0.4) is 0 Å². The van der Waals surface area contributed by atoms with E-state index in [4.69, 9.17) is 5.73 Å². The van der Waals surface area contributed by atoms with Crippen LogP contribution in [0.5, 0.6) is 0 Å². The van der Waals surface area contributed by atoms with Crippen LogP contribution < -0.4 is 11.1 Å². The van der Waals surface area contributed by atoms with Crippen molar-refractivity contribution >= 4 is 17.0 Å². The summed E-state index contributed by atoms with van der Waals surface area (Å²) < 4.78 is 2.05. The van der Waals surface area contributed by atoms with Crippen LogP contribution in [0.25, 0.3) is 11.2 Å². The van der Waals surface area contributed by atoms with Gasteiger partial charge in [0.1, 0.15) is 11.8 Å². The van der Waals surface area contributed by atoms with Crippen molar-refractivity contribution in [1.82, 2.24) is 24.8 Å². The average Bonchev–Trinajstić information content (AvgIpc) is 2.61. The molecule has 0 aliphatic carbocycles. The van der Waals surface area contributed by atoms with Crippen LogP contribution in [0, 0.1) is 5.92 Å². The molecular weight excluding hydrogens is 204 g/mol. The summed E-state index contributed by atoms with van der Waals surface area (Å²) in [6.45, 7) is 3.20. The first-order chi connectivity index (χ1) is 7.84. The van der Waals surface area contributed by atoms with E-state index in [2.05, 4.69) is 20.3 Å². The molecule has 1 saturated heterocycles. The quantitative estimate of drug-likeness (QED) is 0.759. The van der Waals surface area contributed by atoms with Crippen molar-refractivity contribution < 1.29 is 0 Å². The van der Waals surface area contributed by atoms with Crippen molar-refractivity contribution in [1.29, 1.82) is 0 Å². The van der Waals surface area contributed by atoms with Crippen LogP contribution >= 0.6 is 0 Å². The number of imidazole rings is 1. The number of rotatable bonds is 3. The Labute approximate surface area is 92.9 Å². The van der Waals surface area contributed by atoms with Crippen molar-refractivity contribution in [2.75, 3.05) is 18.8 Å². The van der Waals surface area contributed by atoms with Gasteiger partial charge < -0.3 is 15.6 Å². The molecule has 3 heterocycles. The number of aryl methyl sites for hydroxylation is 1. The van der Waals surface area contributed by atoms with E-state index in [1.54, 1.807) is 6.33 Å². The number of fused-ring (bicyclic) bond motifs is 1. The number of nitrogens with zero attached hydrogens (tertiary/aromatic N) is 4. The maximum Gasteiger partial charge on any atom is 0.165 e. The highest BCUT2D eigenvalue weighted by Crippen LogP contribution is 2.16. The first-order valence-corrected chi connectivity index (χ1v) is 5.46. The molecule has 0 aromatic carbocycles. The summed E-state index contributed by atoms with van der Waals surface area (Å²) in [5, 5.41) is 3.27. The molecule has 0 radical (unpaired) electrons. The van der Waals surface area contributed by atoms with E-state index in [-0.39, 0.29) is 0 Å². The zero-order chi connectivity index (χ0) is 11.0. The SMILES string of the molecule is Nc1ncnc2c1ncn2CCC1CNC1. The molecule has 6 nitrogen and oxygen atoms in total. The normalized spacial score (nSPS) is 16.5. The fourth-order valence-corrected chi connectivity index (χ4v) is 1.94. The monoisotopic (exact) mass is 218 g/mol. The largest absolute Gasteiger partial charge is 0.382 e. The summed E-state index contributed by atoms with van der Waals surface area (Å²) >= 11 is 0. The molecule has 1 aliphatic rings. The summed E-state index contributed by atoms with van der Waals surface area (Å²) in [5.74, 6) is 1.24. The fourth-order valence-electron chi connectivity index (χ4n) is 1.94. The Morgan fingerprint density at radius 3 is 3.00 bits per heavy atom. The third-order valence-corrected chi connectivity index (χ3v) is 3.07. The molecule has 0 bridgehead atoms. The lowest BCUT2D eigenvalue weighted by Crippen LogP contribution is -2.42. The predicted octanol–water partition coefficient (Wildman–Crippen LogP) is 0.0180. The summed E-state index contributed by atoms with van der Waals surface area (Å²) in [5.41, 5.74) is 7.26. The number of hydrogen-bond acceptors (Lipinski definition) is 5. The van der Waals surface area contributed by atoms with Gasteiger partial charge in [0, 0.05) is 6.54 Å². The van der Waals surface area contributed by atoms with Crippen molar-refractivity contribution in [2.24, 2.45) is 5.92 Å². The molecule has 0 spiro atoms. The second kappa shape index (κ2) is 3.71. The lowest BCUT2D eigenvalue weighted by molar-refractivity contribution is 0.313. The molecule has 16 heavy (non-hydrogen) atoms. The molecule has 3 rings (SSSR count). The highest BCUT2D eigenvalue weighted by atomic mass is 15.1. The Bertz CT molecular complexity index is 501. The van der Waals surface area contributed by atoms with Crippen LogP contribution in [0.15, 0.2) is 12.7 Å². The van der Waals surface area contributed by atoms with Gasteiger partial charge in [-0.3, -0.25) is 0 Å². The molecule has 84 valence electrons. The van der Waals surface area contributed by atoms with Crippen LogP contribution in [-0.2, 0) is 6.54 Å². The van der Waals surface area contributed by atoms with Gasteiger partial charge in [0.05, 0.1) is 6.33 Å². The van der Waals surface area contributed by atoms with E-state index in [0.717, 1.165) is 37.6 Å². The summed E-state index contributed by atoms with van der Waals surface area (Å²) in [4.78, 5) is 12.4. The molecule has 3 N–H and O–H groups in total. The Hall–Kier alpha value is -1.69. The smallest absolute Gasteiger partial charge is 0.165 e. The standard InChI is InChI=1S/C10H14N6/c11-9-8-10(14-5-13-9)16(6-15-8)2-1-7-3-12-4-7/h5-7,12H,1-4H2,(H2,11,13,14). The van der Waals surface area contributed by atoms with Crippen LogP contribution in [0.4, 0.5) is 5.82 Å². The minimum atomic E-state index is 0.453. The fraction of sp³-hybridized carbons (Fsp3) is 0.500. The van der Waals surface area contributed by atoms with E-state index in [9.17, 15) is 0 Å². The molecule has 1 fully saturated rings. The second-order valence-electron chi connectivity index (χ2n) is 4.18. The van der Waals surface area contributed by atoms with E-state index >= 15 is 0 Å². The minimum absolute atomic E-state index is 0.453. The molecule has 1 aliphatic heterocycles.